The Labute approximate surface area is 140 Å². The monoisotopic (exact) mass is 330 g/mol. The molecule has 1 aliphatic carbocycles. The molecule has 1 amide bonds. The lowest BCUT2D eigenvalue weighted by molar-refractivity contribution is -0.133. The van der Waals surface area contributed by atoms with Crippen LogP contribution in [0.2, 0.25) is 5.02 Å². The van der Waals surface area contributed by atoms with E-state index in [1.807, 2.05) is 36.1 Å². The van der Waals surface area contributed by atoms with Gasteiger partial charge in [-0.05, 0) is 49.8 Å². The number of halogens is 1. The molecule has 0 bridgehead atoms. The van der Waals surface area contributed by atoms with E-state index in [0.29, 0.717) is 5.92 Å². The second-order valence-electron chi connectivity index (χ2n) is 6.56. The summed E-state index contributed by atoms with van der Waals surface area (Å²) in [4.78, 5) is 14.9. The fraction of sp³-hybridized carbons (Fsp3) is 0.444. The smallest absolute Gasteiger partial charge is 0.226 e. The molecule has 2 aliphatic rings. The molecule has 4 nitrogen and oxygen atoms in total. The molecule has 2 fully saturated rings. The third-order valence-electron chi connectivity index (χ3n) is 4.91. The molecule has 1 saturated heterocycles. The lowest BCUT2D eigenvalue weighted by Gasteiger charge is -2.23. The number of hydrogen-bond donors (Lipinski definition) is 0. The number of carbonyl (C=O) groups excluding carboxylic acids is 1. The zero-order valence-corrected chi connectivity index (χ0v) is 13.8. The van der Waals surface area contributed by atoms with Crippen molar-refractivity contribution in [3.63, 3.8) is 0 Å². The van der Waals surface area contributed by atoms with Crippen LogP contribution in [-0.4, -0.2) is 22.5 Å². The summed E-state index contributed by atoms with van der Waals surface area (Å²) in [6.45, 7) is 2.70. The maximum Gasteiger partial charge on any atom is 0.226 e. The Hall–Kier alpha value is -1.81. The number of benzene rings is 1. The number of aromatic nitrogens is 1. The first-order chi connectivity index (χ1) is 11.1. The fourth-order valence-corrected chi connectivity index (χ4v) is 3.87. The van der Waals surface area contributed by atoms with Crippen LogP contribution in [0.15, 0.2) is 34.9 Å². The number of likely N-dealkylation sites (tertiary alicyclic amines) is 1. The molecule has 2 aromatic rings. The average Bonchev–Trinajstić information content (AvgIpc) is 2.97. The molecule has 3 atom stereocenters. The Morgan fingerprint density at radius 3 is 3.00 bits per heavy atom. The van der Waals surface area contributed by atoms with Crippen LogP contribution in [0.5, 0.6) is 0 Å². The molecule has 120 valence electrons. The maximum atomic E-state index is 12.9. The zero-order chi connectivity index (χ0) is 16.0. The third kappa shape index (κ3) is 2.76. The van der Waals surface area contributed by atoms with Gasteiger partial charge in [0, 0.05) is 23.6 Å². The summed E-state index contributed by atoms with van der Waals surface area (Å²) in [6.07, 6.45) is 2.91. The SMILES string of the molecule is Cc1cc(C2CCCN2C(=O)C2CC2c2cccc(Cl)c2)no1. The standard InChI is InChI=1S/C18H19ClN2O2/c1-11-8-16(20-23-11)17-6-3-7-21(17)18(22)15-10-14(15)12-4-2-5-13(19)9-12/h2,4-5,8-9,14-15,17H,3,6-7,10H2,1H3. The van der Waals surface area contributed by atoms with E-state index in [1.165, 1.54) is 5.56 Å². The van der Waals surface area contributed by atoms with Gasteiger partial charge >= 0.3 is 0 Å². The summed E-state index contributed by atoms with van der Waals surface area (Å²) in [5.41, 5.74) is 2.05. The predicted octanol–water partition coefficient (Wildman–Crippen LogP) is 4.10. The molecule has 4 rings (SSSR count). The quantitative estimate of drug-likeness (QED) is 0.851. The first kappa shape index (κ1) is 14.8. The summed E-state index contributed by atoms with van der Waals surface area (Å²) in [6, 6.07) is 9.87. The van der Waals surface area contributed by atoms with Crippen LogP contribution in [0.1, 0.15) is 48.2 Å². The summed E-state index contributed by atoms with van der Waals surface area (Å²) < 4.78 is 5.18. The molecule has 1 aromatic heterocycles. The maximum absolute atomic E-state index is 12.9. The van der Waals surface area contributed by atoms with Gasteiger partial charge in [-0.2, -0.15) is 0 Å². The Kier molecular flexibility index (Phi) is 3.64. The summed E-state index contributed by atoms with van der Waals surface area (Å²) in [7, 11) is 0. The average molecular weight is 331 g/mol. The Bertz CT molecular complexity index is 742. The van der Waals surface area contributed by atoms with Crippen LogP contribution in [0.3, 0.4) is 0 Å². The van der Waals surface area contributed by atoms with Gasteiger partial charge in [-0.25, -0.2) is 0 Å². The molecule has 5 heteroatoms. The molecule has 0 radical (unpaired) electrons. The van der Waals surface area contributed by atoms with E-state index in [1.54, 1.807) is 0 Å². The van der Waals surface area contributed by atoms with Crippen LogP contribution in [0, 0.1) is 12.8 Å². The summed E-state index contributed by atoms with van der Waals surface area (Å²) in [5, 5.41) is 4.85. The van der Waals surface area contributed by atoms with Gasteiger partial charge in [-0.15, -0.1) is 0 Å². The molecule has 3 unspecified atom stereocenters. The highest BCUT2D eigenvalue weighted by Crippen LogP contribution is 2.50. The topological polar surface area (TPSA) is 46.3 Å². The normalized spacial score (nSPS) is 26.5. The van der Waals surface area contributed by atoms with Gasteiger partial charge in [0.25, 0.3) is 0 Å². The number of carbonyl (C=O) groups is 1. The molecule has 23 heavy (non-hydrogen) atoms. The van der Waals surface area contributed by atoms with Gasteiger partial charge < -0.3 is 9.42 Å². The van der Waals surface area contributed by atoms with Crippen molar-refractivity contribution in [2.24, 2.45) is 5.92 Å². The lowest BCUT2D eigenvalue weighted by atomic mass is 10.1. The first-order valence-corrected chi connectivity index (χ1v) is 8.50. The molecule has 2 heterocycles. The van der Waals surface area contributed by atoms with Crippen molar-refractivity contribution in [2.45, 2.75) is 38.1 Å². The number of nitrogens with zero attached hydrogens (tertiary/aromatic N) is 2. The van der Waals surface area contributed by atoms with Crippen LogP contribution in [0.4, 0.5) is 0 Å². The van der Waals surface area contributed by atoms with E-state index in [0.717, 1.165) is 42.3 Å². The second-order valence-corrected chi connectivity index (χ2v) is 6.99. The highest BCUT2D eigenvalue weighted by Gasteiger charge is 2.48. The van der Waals surface area contributed by atoms with Crippen molar-refractivity contribution in [1.82, 2.24) is 10.1 Å². The van der Waals surface area contributed by atoms with Crippen molar-refractivity contribution in [3.8, 4) is 0 Å². The minimum atomic E-state index is 0.0700. The summed E-state index contributed by atoms with van der Waals surface area (Å²) in [5.74, 6) is 1.43. The van der Waals surface area contributed by atoms with E-state index in [9.17, 15) is 4.79 Å². The van der Waals surface area contributed by atoms with Gasteiger partial charge in [-0.3, -0.25) is 4.79 Å². The number of hydrogen-bond acceptors (Lipinski definition) is 3. The zero-order valence-electron chi connectivity index (χ0n) is 13.0. The van der Waals surface area contributed by atoms with E-state index in [2.05, 4.69) is 11.2 Å². The van der Waals surface area contributed by atoms with Crippen LogP contribution < -0.4 is 0 Å². The molecular formula is C18H19ClN2O2. The molecule has 0 N–H and O–H groups in total. The van der Waals surface area contributed by atoms with Crippen LogP contribution in [-0.2, 0) is 4.79 Å². The second kappa shape index (κ2) is 5.68. The predicted molar refractivity (Wildman–Crippen MR) is 87.2 cm³/mol. The van der Waals surface area contributed by atoms with Crippen LogP contribution in [0.25, 0.3) is 0 Å². The number of aryl methyl sites for hydroxylation is 1. The van der Waals surface area contributed by atoms with E-state index in [-0.39, 0.29) is 17.9 Å². The van der Waals surface area contributed by atoms with Crippen molar-refractivity contribution in [1.29, 1.82) is 0 Å². The van der Waals surface area contributed by atoms with Crippen molar-refractivity contribution in [2.75, 3.05) is 6.54 Å². The highest BCUT2D eigenvalue weighted by molar-refractivity contribution is 6.30. The van der Waals surface area contributed by atoms with E-state index in [4.69, 9.17) is 16.1 Å². The van der Waals surface area contributed by atoms with Gasteiger partial charge in [0.1, 0.15) is 11.5 Å². The fourth-order valence-electron chi connectivity index (χ4n) is 3.67. The molecule has 1 aromatic carbocycles. The van der Waals surface area contributed by atoms with Crippen molar-refractivity contribution >= 4 is 17.5 Å². The first-order valence-electron chi connectivity index (χ1n) is 8.12. The van der Waals surface area contributed by atoms with Gasteiger partial charge in [0.05, 0.1) is 6.04 Å². The third-order valence-corrected chi connectivity index (χ3v) is 5.14. The van der Waals surface area contributed by atoms with Crippen molar-refractivity contribution < 1.29 is 9.32 Å². The van der Waals surface area contributed by atoms with Crippen LogP contribution >= 0.6 is 11.6 Å². The molecule has 1 aliphatic heterocycles. The Morgan fingerprint density at radius 1 is 1.39 bits per heavy atom. The van der Waals surface area contributed by atoms with Gasteiger partial charge in [-0.1, -0.05) is 28.9 Å². The molecule has 0 spiro atoms. The summed E-state index contributed by atoms with van der Waals surface area (Å²) >= 11 is 6.06. The van der Waals surface area contributed by atoms with Gasteiger partial charge in [0.2, 0.25) is 5.91 Å². The minimum Gasteiger partial charge on any atom is -0.361 e. The largest absolute Gasteiger partial charge is 0.361 e. The highest BCUT2D eigenvalue weighted by atomic mass is 35.5. The van der Waals surface area contributed by atoms with E-state index >= 15 is 0 Å². The minimum absolute atomic E-state index is 0.0700. The Morgan fingerprint density at radius 2 is 2.26 bits per heavy atom. The van der Waals surface area contributed by atoms with Gasteiger partial charge in [0.15, 0.2) is 0 Å². The lowest BCUT2D eigenvalue weighted by Crippen LogP contribution is -2.32. The molecule has 1 saturated carbocycles. The van der Waals surface area contributed by atoms with Crippen molar-refractivity contribution in [3.05, 3.63) is 52.4 Å². The van der Waals surface area contributed by atoms with E-state index < -0.39 is 0 Å². The molecular weight excluding hydrogens is 312 g/mol. The Balaban J connectivity index is 1.49. The number of rotatable bonds is 3. The number of amides is 1.